The molecule has 0 amide bonds. The normalized spacial score (nSPS) is 17.9. The molecular weight excluding hydrogens is 215 g/mol. The first-order valence-corrected chi connectivity index (χ1v) is 4.92. The van der Waals surface area contributed by atoms with Gasteiger partial charge in [-0.15, -0.1) is 0 Å². The largest absolute Gasteiger partial charge is 0.478 e. The molecule has 78 valence electrons. The van der Waals surface area contributed by atoms with Gasteiger partial charge in [-0.3, -0.25) is 0 Å². The Kier molecular flexibility index (Phi) is 2.40. The van der Waals surface area contributed by atoms with Crippen LogP contribution in [0.5, 0.6) is 5.06 Å². The Balaban J connectivity index is 2.02. The zero-order valence-corrected chi connectivity index (χ0v) is 7.91. The van der Waals surface area contributed by atoms with Crippen LogP contribution >= 0.6 is 11.3 Å². The Morgan fingerprint density at radius 2 is 2.07 bits per heavy atom. The first-order valence-electron chi connectivity index (χ1n) is 4.10. The van der Waals surface area contributed by atoms with Gasteiger partial charge >= 0.3 is 6.18 Å². The molecule has 1 aliphatic heterocycles. The summed E-state index contributed by atoms with van der Waals surface area (Å²) < 4.78 is 41.8. The van der Waals surface area contributed by atoms with Gasteiger partial charge in [0.15, 0.2) is 5.06 Å². The third-order valence-electron chi connectivity index (χ3n) is 1.89. The van der Waals surface area contributed by atoms with Crippen LogP contribution < -0.4 is 10.1 Å². The average Bonchev–Trinajstić information content (AvgIpc) is 2.43. The summed E-state index contributed by atoms with van der Waals surface area (Å²) >= 11 is 0.642. The van der Waals surface area contributed by atoms with E-state index in [4.69, 9.17) is 4.74 Å². The van der Waals surface area contributed by atoms with E-state index in [1.54, 1.807) is 0 Å². The number of halogens is 3. The number of ether oxygens (including phenoxy) is 1. The van der Waals surface area contributed by atoms with Crippen molar-refractivity contribution in [1.82, 2.24) is 5.32 Å². The molecule has 6 heteroatoms. The SMILES string of the molecule is FC(F)(F)c1ccc(OC2CNC2)s1. The summed E-state index contributed by atoms with van der Waals surface area (Å²) in [7, 11) is 0. The van der Waals surface area contributed by atoms with Crippen molar-refractivity contribution in [2.45, 2.75) is 12.3 Å². The van der Waals surface area contributed by atoms with E-state index in [0.29, 0.717) is 29.5 Å². The molecule has 0 bridgehead atoms. The van der Waals surface area contributed by atoms with Gasteiger partial charge in [0.05, 0.1) is 0 Å². The molecule has 0 aliphatic carbocycles. The summed E-state index contributed by atoms with van der Waals surface area (Å²) in [6.45, 7) is 1.42. The zero-order valence-electron chi connectivity index (χ0n) is 7.10. The van der Waals surface area contributed by atoms with Gasteiger partial charge in [0.2, 0.25) is 0 Å². The van der Waals surface area contributed by atoms with E-state index in [1.807, 2.05) is 0 Å². The fraction of sp³-hybridized carbons (Fsp3) is 0.500. The summed E-state index contributed by atoms with van der Waals surface area (Å²) in [6.07, 6.45) is -4.24. The molecule has 14 heavy (non-hydrogen) atoms. The van der Waals surface area contributed by atoms with Crippen molar-refractivity contribution in [3.05, 3.63) is 17.0 Å². The highest BCUT2D eigenvalue weighted by atomic mass is 32.1. The van der Waals surface area contributed by atoms with E-state index in [1.165, 1.54) is 6.07 Å². The predicted octanol–water partition coefficient (Wildman–Crippen LogP) is 2.12. The predicted molar refractivity (Wildman–Crippen MR) is 46.6 cm³/mol. The smallest absolute Gasteiger partial charge is 0.425 e. The Hall–Kier alpha value is -0.750. The Morgan fingerprint density at radius 3 is 2.50 bits per heavy atom. The maximum absolute atomic E-state index is 12.2. The van der Waals surface area contributed by atoms with Gasteiger partial charge in [0.25, 0.3) is 0 Å². The molecule has 0 spiro atoms. The second-order valence-electron chi connectivity index (χ2n) is 3.01. The second-order valence-corrected chi connectivity index (χ2v) is 4.06. The lowest BCUT2D eigenvalue weighted by molar-refractivity contribution is -0.134. The first kappa shape index (κ1) is 9.79. The molecule has 1 saturated heterocycles. The van der Waals surface area contributed by atoms with Gasteiger partial charge in [-0.05, 0) is 12.1 Å². The number of nitrogens with one attached hydrogen (secondary N) is 1. The van der Waals surface area contributed by atoms with Crippen LogP contribution in [0.3, 0.4) is 0 Å². The minimum Gasteiger partial charge on any atom is -0.478 e. The van der Waals surface area contributed by atoms with Gasteiger partial charge in [-0.1, -0.05) is 11.3 Å². The van der Waals surface area contributed by atoms with E-state index >= 15 is 0 Å². The summed E-state index contributed by atoms with van der Waals surface area (Å²) in [6, 6.07) is 2.41. The van der Waals surface area contributed by atoms with E-state index in [0.717, 1.165) is 6.07 Å². The van der Waals surface area contributed by atoms with Crippen molar-refractivity contribution in [1.29, 1.82) is 0 Å². The molecule has 0 unspecified atom stereocenters. The van der Waals surface area contributed by atoms with Gasteiger partial charge in [0.1, 0.15) is 11.0 Å². The van der Waals surface area contributed by atoms with Crippen LogP contribution in [0.2, 0.25) is 0 Å². The van der Waals surface area contributed by atoms with Gasteiger partial charge in [-0.25, -0.2) is 0 Å². The molecule has 1 aromatic heterocycles. The van der Waals surface area contributed by atoms with E-state index in [2.05, 4.69) is 5.32 Å². The van der Waals surface area contributed by atoms with Crippen molar-refractivity contribution in [3.8, 4) is 5.06 Å². The van der Waals surface area contributed by atoms with Crippen molar-refractivity contribution in [2.24, 2.45) is 0 Å². The molecule has 0 aromatic carbocycles. The van der Waals surface area contributed by atoms with E-state index in [9.17, 15) is 13.2 Å². The molecule has 1 fully saturated rings. The monoisotopic (exact) mass is 223 g/mol. The number of hydrogen-bond donors (Lipinski definition) is 1. The first-order chi connectivity index (χ1) is 6.55. The molecule has 0 saturated carbocycles. The van der Waals surface area contributed by atoms with Crippen LogP contribution in [0, 0.1) is 0 Å². The Bertz CT molecular complexity index is 319. The molecule has 0 radical (unpaired) electrons. The highest BCUT2D eigenvalue weighted by Crippen LogP contribution is 2.38. The fourth-order valence-electron chi connectivity index (χ4n) is 1.05. The highest BCUT2D eigenvalue weighted by Gasteiger charge is 2.33. The third-order valence-corrected chi connectivity index (χ3v) is 2.91. The molecule has 1 aliphatic rings. The molecule has 0 atom stereocenters. The molecule has 2 nitrogen and oxygen atoms in total. The summed E-state index contributed by atoms with van der Waals surface area (Å²) in [5.41, 5.74) is 0. The third kappa shape index (κ3) is 2.01. The van der Waals surface area contributed by atoms with Crippen LogP contribution in [0.1, 0.15) is 4.88 Å². The number of thiophene rings is 1. The number of rotatable bonds is 2. The molecule has 1 aromatic rings. The van der Waals surface area contributed by atoms with Crippen LogP contribution in [0.15, 0.2) is 12.1 Å². The van der Waals surface area contributed by atoms with Crippen molar-refractivity contribution >= 4 is 11.3 Å². The summed E-state index contributed by atoms with van der Waals surface area (Å²) in [5, 5.41) is 3.31. The van der Waals surface area contributed by atoms with Crippen molar-refractivity contribution in [3.63, 3.8) is 0 Å². The lowest BCUT2D eigenvalue weighted by Crippen LogP contribution is -2.50. The quantitative estimate of drug-likeness (QED) is 0.829. The average molecular weight is 223 g/mol. The summed E-state index contributed by atoms with van der Waals surface area (Å²) in [4.78, 5) is -0.611. The zero-order chi connectivity index (χ0) is 10.2. The van der Waals surface area contributed by atoms with Gasteiger partial charge < -0.3 is 10.1 Å². The van der Waals surface area contributed by atoms with E-state index < -0.39 is 11.1 Å². The number of hydrogen-bond acceptors (Lipinski definition) is 3. The molecule has 2 heterocycles. The second kappa shape index (κ2) is 3.43. The van der Waals surface area contributed by atoms with Crippen LogP contribution in [-0.4, -0.2) is 19.2 Å². The fourth-order valence-corrected chi connectivity index (χ4v) is 1.83. The van der Waals surface area contributed by atoms with Gasteiger partial charge in [0, 0.05) is 13.1 Å². The van der Waals surface area contributed by atoms with Crippen molar-refractivity contribution in [2.75, 3.05) is 13.1 Å². The molecule has 2 rings (SSSR count). The maximum Gasteiger partial charge on any atom is 0.425 e. The lowest BCUT2D eigenvalue weighted by atomic mass is 10.2. The minimum absolute atomic E-state index is 0.0229. The van der Waals surface area contributed by atoms with Gasteiger partial charge in [-0.2, -0.15) is 13.2 Å². The van der Waals surface area contributed by atoms with Crippen LogP contribution in [0.4, 0.5) is 13.2 Å². The minimum atomic E-state index is -4.26. The molecule has 1 N–H and O–H groups in total. The van der Waals surface area contributed by atoms with Crippen LogP contribution in [-0.2, 0) is 6.18 Å². The molecular formula is C8H8F3NOS. The maximum atomic E-state index is 12.2. The summed E-state index contributed by atoms with van der Waals surface area (Å²) in [5.74, 6) is 0. The lowest BCUT2D eigenvalue weighted by Gasteiger charge is -2.26. The van der Waals surface area contributed by atoms with E-state index in [-0.39, 0.29) is 6.10 Å². The van der Waals surface area contributed by atoms with Crippen molar-refractivity contribution < 1.29 is 17.9 Å². The Labute approximate surface area is 82.7 Å². The number of alkyl halides is 3. The topological polar surface area (TPSA) is 21.3 Å². The standard InChI is InChI=1S/C8H8F3NOS/c9-8(10,11)6-1-2-7(14-6)13-5-3-12-4-5/h1-2,5,12H,3-4H2. The highest BCUT2D eigenvalue weighted by molar-refractivity contribution is 7.13. The Morgan fingerprint density at radius 1 is 1.36 bits per heavy atom. The van der Waals surface area contributed by atoms with Crippen LogP contribution in [0.25, 0.3) is 0 Å².